The lowest BCUT2D eigenvalue weighted by molar-refractivity contribution is -0.148. The van der Waals surface area contributed by atoms with Crippen molar-refractivity contribution in [1.82, 2.24) is 0 Å². The van der Waals surface area contributed by atoms with E-state index < -0.39 is 17.9 Å². The quantitative estimate of drug-likeness (QED) is 0.157. The highest BCUT2D eigenvalue weighted by Crippen LogP contribution is 2.16. The lowest BCUT2D eigenvalue weighted by Crippen LogP contribution is -2.17. The standard InChI is InChI=1S/C24H44O4/c1-2-3-4-5-6-7-8-9-10-11-12-13-14-15-16-17-18-19-20-22(24(27)28)21-23(25)26/h12-13,22H,2-11,14-21H2,1H3,(H,25,26)(H,27,28)/b13-12+. The predicted molar refractivity (Wildman–Crippen MR) is 117 cm³/mol. The number of allylic oxidation sites excluding steroid dienone is 2. The molecule has 1 unspecified atom stereocenters. The lowest BCUT2D eigenvalue weighted by atomic mass is 9.97. The van der Waals surface area contributed by atoms with Crippen LogP contribution in [-0.2, 0) is 9.59 Å². The first-order valence-corrected chi connectivity index (χ1v) is 11.7. The monoisotopic (exact) mass is 396 g/mol. The van der Waals surface area contributed by atoms with Crippen molar-refractivity contribution in [2.24, 2.45) is 5.92 Å². The molecule has 0 aliphatic carbocycles. The normalized spacial score (nSPS) is 12.5. The summed E-state index contributed by atoms with van der Waals surface area (Å²) in [6.45, 7) is 2.26. The van der Waals surface area contributed by atoms with Crippen LogP contribution < -0.4 is 0 Å². The van der Waals surface area contributed by atoms with E-state index in [0.29, 0.717) is 6.42 Å². The van der Waals surface area contributed by atoms with Crippen molar-refractivity contribution >= 4 is 11.9 Å². The second kappa shape index (κ2) is 20.4. The first-order chi connectivity index (χ1) is 13.6. The van der Waals surface area contributed by atoms with E-state index in [1.807, 2.05) is 0 Å². The molecule has 0 fully saturated rings. The third-order valence-corrected chi connectivity index (χ3v) is 5.33. The highest BCUT2D eigenvalue weighted by Gasteiger charge is 2.20. The van der Waals surface area contributed by atoms with Crippen LogP contribution in [0.1, 0.15) is 122 Å². The van der Waals surface area contributed by atoms with Crippen LogP contribution in [0, 0.1) is 5.92 Å². The van der Waals surface area contributed by atoms with Gasteiger partial charge >= 0.3 is 11.9 Å². The second-order valence-corrected chi connectivity index (χ2v) is 8.07. The predicted octanol–water partition coefficient (Wildman–Crippen LogP) is 7.37. The summed E-state index contributed by atoms with van der Waals surface area (Å²) < 4.78 is 0. The molecule has 0 saturated carbocycles. The molecule has 0 heterocycles. The first kappa shape index (κ1) is 26.7. The van der Waals surface area contributed by atoms with Gasteiger partial charge < -0.3 is 10.2 Å². The molecule has 0 aromatic carbocycles. The zero-order valence-electron chi connectivity index (χ0n) is 18.2. The van der Waals surface area contributed by atoms with E-state index in [9.17, 15) is 9.59 Å². The highest BCUT2D eigenvalue weighted by atomic mass is 16.4. The SMILES string of the molecule is CCCCCCCCCCC/C=C/CCCCCCCC(CC(=O)O)C(=O)O. The Morgan fingerprint density at radius 1 is 0.679 bits per heavy atom. The van der Waals surface area contributed by atoms with Gasteiger partial charge in [-0.3, -0.25) is 9.59 Å². The molecule has 28 heavy (non-hydrogen) atoms. The molecule has 0 aliphatic heterocycles. The largest absolute Gasteiger partial charge is 0.481 e. The number of hydrogen-bond acceptors (Lipinski definition) is 2. The van der Waals surface area contributed by atoms with E-state index >= 15 is 0 Å². The van der Waals surface area contributed by atoms with Crippen LogP contribution in [0.3, 0.4) is 0 Å². The zero-order chi connectivity index (χ0) is 20.9. The summed E-state index contributed by atoms with van der Waals surface area (Å²) in [5.74, 6) is -2.75. The van der Waals surface area contributed by atoms with Crippen LogP contribution in [0.5, 0.6) is 0 Å². The van der Waals surface area contributed by atoms with Crippen LogP contribution in [-0.4, -0.2) is 22.2 Å². The van der Waals surface area contributed by atoms with Crippen molar-refractivity contribution in [2.75, 3.05) is 0 Å². The van der Waals surface area contributed by atoms with Gasteiger partial charge in [0.1, 0.15) is 0 Å². The Morgan fingerprint density at radius 3 is 1.54 bits per heavy atom. The molecule has 0 aromatic heterocycles. The van der Waals surface area contributed by atoms with Gasteiger partial charge in [-0.15, -0.1) is 0 Å². The zero-order valence-corrected chi connectivity index (χ0v) is 18.2. The molecule has 164 valence electrons. The van der Waals surface area contributed by atoms with E-state index in [4.69, 9.17) is 10.2 Å². The fourth-order valence-corrected chi connectivity index (χ4v) is 3.52. The Labute approximate surface area is 172 Å². The van der Waals surface area contributed by atoms with Gasteiger partial charge in [0.2, 0.25) is 0 Å². The Morgan fingerprint density at radius 2 is 1.11 bits per heavy atom. The summed E-state index contributed by atoms with van der Waals surface area (Å²) in [6.07, 6.45) is 24.8. The van der Waals surface area contributed by atoms with Gasteiger partial charge in [-0.2, -0.15) is 0 Å². The smallest absolute Gasteiger partial charge is 0.307 e. The number of hydrogen-bond donors (Lipinski definition) is 2. The van der Waals surface area contributed by atoms with Gasteiger partial charge in [-0.1, -0.05) is 96.1 Å². The summed E-state index contributed by atoms with van der Waals surface area (Å²) in [4.78, 5) is 21.6. The number of carboxylic acid groups (broad SMARTS) is 2. The minimum absolute atomic E-state index is 0.265. The van der Waals surface area contributed by atoms with Crippen molar-refractivity contribution in [1.29, 1.82) is 0 Å². The molecule has 4 nitrogen and oxygen atoms in total. The van der Waals surface area contributed by atoms with Crippen LogP contribution >= 0.6 is 0 Å². The van der Waals surface area contributed by atoms with E-state index in [2.05, 4.69) is 19.1 Å². The molecular weight excluding hydrogens is 352 g/mol. The van der Waals surface area contributed by atoms with Gasteiger partial charge in [0, 0.05) is 0 Å². The fourth-order valence-electron chi connectivity index (χ4n) is 3.52. The third kappa shape index (κ3) is 19.4. The van der Waals surface area contributed by atoms with E-state index in [0.717, 1.165) is 25.7 Å². The summed E-state index contributed by atoms with van der Waals surface area (Å²) in [7, 11) is 0. The molecular formula is C24H44O4. The molecule has 1 atom stereocenters. The first-order valence-electron chi connectivity index (χ1n) is 11.7. The molecule has 0 spiro atoms. The lowest BCUT2D eigenvalue weighted by Gasteiger charge is -2.09. The maximum atomic E-state index is 11.0. The van der Waals surface area contributed by atoms with E-state index in [1.54, 1.807) is 0 Å². The van der Waals surface area contributed by atoms with Crippen molar-refractivity contribution < 1.29 is 19.8 Å². The van der Waals surface area contributed by atoms with Crippen molar-refractivity contribution in [3.05, 3.63) is 12.2 Å². The maximum absolute atomic E-state index is 11.0. The van der Waals surface area contributed by atoms with Gasteiger partial charge in [-0.05, 0) is 32.1 Å². The number of carboxylic acids is 2. The Bertz CT molecular complexity index is 403. The third-order valence-electron chi connectivity index (χ3n) is 5.33. The van der Waals surface area contributed by atoms with E-state index in [-0.39, 0.29) is 6.42 Å². The van der Waals surface area contributed by atoms with Crippen LogP contribution in [0.15, 0.2) is 12.2 Å². The molecule has 0 aliphatic rings. The van der Waals surface area contributed by atoms with Crippen molar-refractivity contribution in [3.63, 3.8) is 0 Å². The van der Waals surface area contributed by atoms with Crippen LogP contribution in [0.4, 0.5) is 0 Å². The summed E-state index contributed by atoms with van der Waals surface area (Å²) >= 11 is 0. The Hall–Kier alpha value is -1.32. The molecule has 0 amide bonds. The number of rotatable bonds is 21. The second-order valence-electron chi connectivity index (χ2n) is 8.07. The molecule has 0 bridgehead atoms. The Balaban J connectivity index is 3.33. The van der Waals surface area contributed by atoms with Gasteiger partial charge in [-0.25, -0.2) is 0 Å². The summed E-state index contributed by atoms with van der Waals surface area (Å²) in [5, 5.41) is 17.7. The van der Waals surface area contributed by atoms with Gasteiger partial charge in [0.25, 0.3) is 0 Å². The van der Waals surface area contributed by atoms with Crippen molar-refractivity contribution in [3.8, 4) is 0 Å². The molecule has 0 radical (unpaired) electrons. The molecule has 0 rings (SSSR count). The summed E-state index contributed by atoms with van der Waals surface area (Å²) in [5.41, 5.74) is 0. The minimum atomic E-state index is -1.03. The van der Waals surface area contributed by atoms with Crippen molar-refractivity contribution in [2.45, 2.75) is 122 Å². The molecule has 0 aromatic rings. The number of unbranched alkanes of at least 4 members (excludes halogenated alkanes) is 14. The molecule has 0 saturated heterocycles. The van der Waals surface area contributed by atoms with Crippen LogP contribution in [0.25, 0.3) is 0 Å². The fraction of sp³-hybridized carbons (Fsp3) is 0.833. The topological polar surface area (TPSA) is 74.6 Å². The number of carbonyl (C=O) groups is 2. The summed E-state index contributed by atoms with van der Waals surface area (Å²) in [6, 6.07) is 0. The molecule has 4 heteroatoms. The minimum Gasteiger partial charge on any atom is -0.481 e. The highest BCUT2D eigenvalue weighted by molar-refractivity contribution is 5.77. The Kier molecular flexibility index (Phi) is 19.5. The van der Waals surface area contributed by atoms with E-state index in [1.165, 1.54) is 77.0 Å². The van der Waals surface area contributed by atoms with Gasteiger partial charge in [0.15, 0.2) is 0 Å². The average Bonchev–Trinajstić information content (AvgIpc) is 2.65. The van der Waals surface area contributed by atoms with Crippen LogP contribution in [0.2, 0.25) is 0 Å². The average molecular weight is 397 g/mol. The maximum Gasteiger partial charge on any atom is 0.307 e. The number of aliphatic carboxylic acids is 2. The molecule has 2 N–H and O–H groups in total. The van der Waals surface area contributed by atoms with Gasteiger partial charge in [0.05, 0.1) is 12.3 Å².